The summed E-state index contributed by atoms with van der Waals surface area (Å²) in [7, 11) is 0. The van der Waals surface area contributed by atoms with Crippen molar-refractivity contribution in [1.29, 1.82) is 0 Å². The number of halogens is 1. The first-order valence-corrected chi connectivity index (χ1v) is 6.79. The lowest BCUT2D eigenvalue weighted by Crippen LogP contribution is -2.40. The van der Waals surface area contributed by atoms with Crippen LogP contribution in [-0.2, 0) is 4.79 Å². The van der Waals surface area contributed by atoms with Crippen molar-refractivity contribution in [3.05, 3.63) is 23.2 Å². The molecule has 0 unspecified atom stereocenters. The number of hydrogen-bond acceptors (Lipinski definition) is 4. The van der Waals surface area contributed by atoms with Gasteiger partial charge in [-0.1, -0.05) is 30.3 Å². The van der Waals surface area contributed by atoms with Gasteiger partial charge in [0.15, 0.2) is 6.61 Å². The van der Waals surface area contributed by atoms with E-state index in [1.807, 2.05) is 20.8 Å². The van der Waals surface area contributed by atoms with Crippen molar-refractivity contribution in [3.8, 4) is 0 Å². The van der Waals surface area contributed by atoms with Crippen LogP contribution in [-0.4, -0.2) is 33.7 Å². The van der Waals surface area contributed by atoms with E-state index in [-0.39, 0.29) is 18.6 Å². The van der Waals surface area contributed by atoms with E-state index in [1.165, 1.54) is 4.85 Å². The van der Waals surface area contributed by atoms with Crippen LogP contribution in [0.25, 0.3) is 11.0 Å². The van der Waals surface area contributed by atoms with E-state index in [0.29, 0.717) is 22.0 Å². The molecule has 1 aromatic heterocycles. The van der Waals surface area contributed by atoms with Crippen molar-refractivity contribution < 1.29 is 9.63 Å². The second kappa shape index (κ2) is 6.09. The van der Waals surface area contributed by atoms with Crippen LogP contribution in [0.2, 0.25) is 5.02 Å². The minimum atomic E-state index is -0.197. The Balaban J connectivity index is 1.99. The summed E-state index contributed by atoms with van der Waals surface area (Å²) < 4.78 is 0. The van der Waals surface area contributed by atoms with Crippen molar-refractivity contribution in [3.63, 3.8) is 0 Å². The summed E-state index contributed by atoms with van der Waals surface area (Å²) in [5, 5.41) is 11.2. The summed E-state index contributed by atoms with van der Waals surface area (Å²) in [6, 6.07) is 5.24. The minimum absolute atomic E-state index is 0.0908. The number of amides is 1. The molecule has 0 aliphatic heterocycles. The highest BCUT2D eigenvalue weighted by molar-refractivity contribution is 6.31. The Labute approximate surface area is 122 Å². The van der Waals surface area contributed by atoms with Crippen LogP contribution in [0.5, 0.6) is 0 Å². The summed E-state index contributed by atoms with van der Waals surface area (Å²) in [6.07, 6.45) is 0. The summed E-state index contributed by atoms with van der Waals surface area (Å²) in [5.74, 6) is 0.168. The molecule has 0 saturated heterocycles. The fraction of sp³-hybridized carbons (Fsp3) is 0.462. The van der Waals surface area contributed by atoms with Crippen LogP contribution in [0, 0.1) is 5.92 Å². The Morgan fingerprint density at radius 3 is 2.90 bits per heavy atom. The molecule has 6 nitrogen and oxygen atoms in total. The second-order valence-electron chi connectivity index (χ2n) is 4.97. The Kier molecular flexibility index (Phi) is 4.44. The number of benzene rings is 1. The molecule has 0 aliphatic carbocycles. The SMILES string of the molecule is CC(C)[C@@H](C)NC(=O)COn1nnc2ccc(Cl)cc21. The summed E-state index contributed by atoms with van der Waals surface area (Å²) in [4.78, 5) is 18.3. The molecular formula is C13H17ClN4O2. The van der Waals surface area contributed by atoms with Crippen LogP contribution < -0.4 is 10.2 Å². The highest BCUT2D eigenvalue weighted by atomic mass is 35.5. The number of fused-ring (bicyclic) bond motifs is 1. The van der Waals surface area contributed by atoms with Gasteiger partial charge in [-0.2, -0.15) is 0 Å². The number of nitrogens with one attached hydrogen (secondary N) is 1. The molecule has 0 saturated carbocycles. The third kappa shape index (κ3) is 3.39. The average Bonchev–Trinajstić information content (AvgIpc) is 2.78. The van der Waals surface area contributed by atoms with E-state index in [4.69, 9.17) is 16.4 Å². The number of aromatic nitrogens is 3. The number of carbonyl (C=O) groups is 1. The van der Waals surface area contributed by atoms with E-state index in [2.05, 4.69) is 15.6 Å². The van der Waals surface area contributed by atoms with Gasteiger partial charge in [0.1, 0.15) is 11.0 Å². The van der Waals surface area contributed by atoms with E-state index in [0.717, 1.165) is 0 Å². The van der Waals surface area contributed by atoms with Crippen molar-refractivity contribution in [2.75, 3.05) is 6.61 Å². The highest BCUT2D eigenvalue weighted by Gasteiger charge is 2.12. The third-order valence-corrected chi connectivity index (χ3v) is 3.32. The van der Waals surface area contributed by atoms with Gasteiger partial charge in [0, 0.05) is 11.1 Å². The molecule has 108 valence electrons. The van der Waals surface area contributed by atoms with Gasteiger partial charge < -0.3 is 10.2 Å². The van der Waals surface area contributed by atoms with E-state index < -0.39 is 0 Å². The first-order valence-electron chi connectivity index (χ1n) is 6.41. The zero-order chi connectivity index (χ0) is 14.7. The predicted molar refractivity (Wildman–Crippen MR) is 76.4 cm³/mol. The zero-order valence-electron chi connectivity index (χ0n) is 11.6. The number of carbonyl (C=O) groups excluding carboxylic acids is 1. The lowest BCUT2D eigenvalue weighted by Gasteiger charge is -2.17. The maximum absolute atomic E-state index is 11.7. The largest absolute Gasteiger partial charge is 0.385 e. The average molecular weight is 297 g/mol. The van der Waals surface area contributed by atoms with Gasteiger partial charge in [-0.05, 0) is 36.3 Å². The molecule has 20 heavy (non-hydrogen) atoms. The van der Waals surface area contributed by atoms with Gasteiger partial charge in [-0.3, -0.25) is 4.79 Å². The number of nitrogens with zero attached hydrogens (tertiary/aromatic N) is 3. The standard InChI is InChI=1S/C13H17ClN4O2/c1-8(2)9(3)15-13(19)7-20-18-12-6-10(14)4-5-11(12)16-17-18/h4-6,8-9H,7H2,1-3H3,(H,15,19)/t9-/m1/s1. The highest BCUT2D eigenvalue weighted by Crippen LogP contribution is 2.16. The van der Waals surface area contributed by atoms with Crippen molar-refractivity contribution in [1.82, 2.24) is 20.5 Å². The summed E-state index contributed by atoms with van der Waals surface area (Å²) in [6.45, 7) is 5.91. The van der Waals surface area contributed by atoms with Crippen LogP contribution >= 0.6 is 11.6 Å². The van der Waals surface area contributed by atoms with Gasteiger partial charge in [0.05, 0.1) is 0 Å². The molecule has 2 aromatic rings. The molecule has 1 amide bonds. The fourth-order valence-electron chi connectivity index (χ4n) is 1.55. The maximum Gasteiger partial charge on any atom is 0.260 e. The lowest BCUT2D eigenvalue weighted by atomic mass is 10.1. The van der Waals surface area contributed by atoms with Gasteiger partial charge in [0.2, 0.25) is 0 Å². The van der Waals surface area contributed by atoms with E-state index in [9.17, 15) is 4.79 Å². The Morgan fingerprint density at radius 1 is 1.45 bits per heavy atom. The fourth-order valence-corrected chi connectivity index (χ4v) is 1.72. The second-order valence-corrected chi connectivity index (χ2v) is 5.41. The van der Waals surface area contributed by atoms with E-state index in [1.54, 1.807) is 18.2 Å². The van der Waals surface area contributed by atoms with Gasteiger partial charge >= 0.3 is 0 Å². The Morgan fingerprint density at radius 2 is 2.20 bits per heavy atom. The predicted octanol–water partition coefficient (Wildman–Crippen LogP) is 1.67. The topological polar surface area (TPSA) is 69.0 Å². The molecule has 0 radical (unpaired) electrons. The van der Waals surface area contributed by atoms with Crippen LogP contribution in [0.3, 0.4) is 0 Å². The number of hydrogen-bond donors (Lipinski definition) is 1. The molecule has 0 spiro atoms. The van der Waals surface area contributed by atoms with Crippen LogP contribution in [0.1, 0.15) is 20.8 Å². The molecule has 0 fully saturated rings. The molecule has 0 aliphatic rings. The molecule has 2 rings (SSSR count). The third-order valence-electron chi connectivity index (χ3n) is 3.08. The van der Waals surface area contributed by atoms with E-state index >= 15 is 0 Å². The molecule has 1 N–H and O–H groups in total. The minimum Gasteiger partial charge on any atom is -0.385 e. The lowest BCUT2D eigenvalue weighted by molar-refractivity contribution is -0.127. The number of rotatable bonds is 5. The van der Waals surface area contributed by atoms with Crippen LogP contribution in [0.4, 0.5) is 0 Å². The molecule has 1 aromatic carbocycles. The first kappa shape index (κ1) is 14.6. The molecule has 0 bridgehead atoms. The van der Waals surface area contributed by atoms with Gasteiger partial charge in [-0.25, -0.2) is 0 Å². The Hall–Kier alpha value is -1.82. The quantitative estimate of drug-likeness (QED) is 0.911. The first-order chi connectivity index (χ1) is 9.47. The monoisotopic (exact) mass is 296 g/mol. The van der Waals surface area contributed by atoms with Gasteiger partial charge in [0.25, 0.3) is 5.91 Å². The smallest absolute Gasteiger partial charge is 0.260 e. The van der Waals surface area contributed by atoms with Crippen molar-refractivity contribution in [2.24, 2.45) is 5.92 Å². The molecule has 1 heterocycles. The van der Waals surface area contributed by atoms with Crippen molar-refractivity contribution in [2.45, 2.75) is 26.8 Å². The zero-order valence-corrected chi connectivity index (χ0v) is 12.4. The summed E-state index contributed by atoms with van der Waals surface area (Å²) >= 11 is 5.91. The maximum atomic E-state index is 11.7. The van der Waals surface area contributed by atoms with Crippen LogP contribution in [0.15, 0.2) is 18.2 Å². The molecule has 7 heteroatoms. The van der Waals surface area contributed by atoms with Crippen molar-refractivity contribution >= 4 is 28.5 Å². The normalized spacial score (nSPS) is 12.7. The van der Waals surface area contributed by atoms with Gasteiger partial charge in [-0.15, -0.1) is 5.10 Å². The summed E-state index contributed by atoms with van der Waals surface area (Å²) in [5.41, 5.74) is 1.28. The Bertz CT molecular complexity index is 611. The molecular weight excluding hydrogens is 280 g/mol. The molecule has 1 atom stereocenters.